The van der Waals surface area contributed by atoms with Crippen LogP contribution in [-0.2, 0) is 44.2 Å². The van der Waals surface area contributed by atoms with Crippen molar-refractivity contribution < 1.29 is 43.6 Å². The van der Waals surface area contributed by atoms with Gasteiger partial charge in [-0.15, -0.1) is 5.10 Å². The molecule has 17 nitrogen and oxygen atoms in total. The van der Waals surface area contributed by atoms with Crippen LogP contribution in [0.4, 0.5) is 4.79 Å². The fraction of sp³-hybridized carbons (Fsp3) is 0.712. The molecular formula is C59H88N8O9. The minimum absolute atomic E-state index is 0.00275. The summed E-state index contributed by atoms with van der Waals surface area (Å²) in [5.74, 6) is 1.12. The normalized spacial score (nSPS) is 32.3. The standard InChI is InChI=1S/C59H88N8O9/c1-35(2)39-19-22-58(51(70)71)25-24-56(11)40(49(39)58)17-18-45-55(10)23-26-59(73,54(8,9)44(55)20-21-57(45,56)12)46-33-67(65-64-46)32-42(36(3)4)62-48(68)34-66(31-37-15-16-38(74-13)29-43(37)75-14)50(69)41(30-47-60-27-28-61-47)63-52(72)76-53(5,6)7/h15-16,27-29,33,36,39-42,44-45,49,73H,1,17-26,30-32,34H2,2-14H3,(H,60,61)(H,62,68)(H,63,72)(H,70,71)/t39-,40+,41+,42-,44-,45+,49+,55-,56+,57+,58-,59+/m0/s1. The number of amides is 3. The van der Waals surface area contributed by atoms with Crippen LogP contribution >= 0.6 is 0 Å². The number of hydrogen-bond acceptors (Lipinski definition) is 11. The summed E-state index contributed by atoms with van der Waals surface area (Å²) in [6, 6.07) is 3.62. The average molecular weight is 1050 g/mol. The number of rotatable bonds is 17. The van der Waals surface area contributed by atoms with Crippen molar-refractivity contribution in [1.29, 1.82) is 0 Å². The molecule has 0 unspecified atom stereocenters. The number of aliphatic hydroxyl groups is 1. The largest absolute Gasteiger partial charge is 0.497 e. The van der Waals surface area contributed by atoms with Gasteiger partial charge in [-0.2, -0.15) is 0 Å². The molecule has 12 atom stereocenters. The number of carbonyl (C=O) groups is 4. The van der Waals surface area contributed by atoms with Crippen LogP contribution < -0.4 is 20.1 Å². The lowest BCUT2D eigenvalue weighted by atomic mass is 9.31. The number of imidazole rings is 1. The molecule has 2 aromatic heterocycles. The van der Waals surface area contributed by atoms with Gasteiger partial charge in [0.2, 0.25) is 11.8 Å². The molecule has 2 heterocycles. The highest BCUT2D eigenvalue weighted by Crippen LogP contribution is 2.78. The van der Waals surface area contributed by atoms with E-state index in [1.807, 2.05) is 20.0 Å². The van der Waals surface area contributed by atoms with Gasteiger partial charge in [0.1, 0.15) is 40.3 Å². The second-order valence-corrected chi connectivity index (χ2v) is 26.3. The van der Waals surface area contributed by atoms with Gasteiger partial charge in [0.15, 0.2) is 0 Å². The highest BCUT2D eigenvalue weighted by atomic mass is 16.6. The van der Waals surface area contributed by atoms with E-state index in [1.165, 1.54) is 12.0 Å². The van der Waals surface area contributed by atoms with Crippen LogP contribution in [0.1, 0.15) is 157 Å². The number of fused-ring (bicyclic) bond motifs is 7. The Hall–Kier alpha value is -5.45. The molecule has 5 N–H and O–H groups in total. The van der Waals surface area contributed by atoms with Crippen LogP contribution in [-0.4, -0.2) is 102 Å². The monoisotopic (exact) mass is 1050 g/mol. The third-order valence-electron chi connectivity index (χ3n) is 20.7. The van der Waals surface area contributed by atoms with Crippen molar-refractivity contribution in [1.82, 2.24) is 40.5 Å². The number of ether oxygens (including phenoxy) is 3. The SMILES string of the molecule is C=C(C)[C@@H]1CC[C@]2(C(=O)O)CC[C@]3(C)[C@H](CC[C@@H]4[C@@]5(C)CC[C@@](O)(c6cn(C[C@H](NC(=O)CN(Cc7ccc(OC)cc7OC)C(=O)[C@@H](Cc7ncc[nH]7)NC(=O)OC(C)(C)C)C(C)C)nn6)C(C)(C)[C@@H]5CC[C@]43C)[C@@H]12. The summed E-state index contributed by atoms with van der Waals surface area (Å²) in [6.45, 7) is 27.6. The van der Waals surface area contributed by atoms with Crippen molar-refractivity contribution in [2.24, 2.45) is 62.6 Å². The molecule has 0 spiro atoms. The predicted octanol–water partition coefficient (Wildman–Crippen LogP) is 9.25. The number of carbonyl (C=O) groups excluding carboxylic acids is 3. The lowest BCUT2D eigenvalue weighted by Gasteiger charge is -2.73. The number of hydrogen-bond donors (Lipinski definition) is 5. The molecule has 5 saturated carbocycles. The Bertz CT molecular complexity index is 2640. The number of nitrogens with one attached hydrogen (secondary N) is 3. The van der Waals surface area contributed by atoms with Crippen molar-refractivity contribution in [3.63, 3.8) is 0 Å². The van der Waals surface area contributed by atoms with Gasteiger partial charge in [-0.3, -0.25) is 19.1 Å². The van der Waals surface area contributed by atoms with E-state index in [-0.39, 0.29) is 66.0 Å². The van der Waals surface area contributed by atoms with E-state index < -0.39 is 58.0 Å². The Morgan fingerprint density at radius 2 is 1.67 bits per heavy atom. The molecule has 0 saturated heterocycles. The number of aliphatic carboxylic acids is 1. The minimum Gasteiger partial charge on any atom is -0.497 e. The zero-order valence-electron chi connectivity index (χ0n) is 47.7. The number of nitrogens with zero attached hydrogens (tertiary/aromatic N) is 5. The van der Waals surface area contributed by atoms with Gasteiger partial charge in [0, 0.05) is 42.4 Å². The summed E-state index contributed by atoms with van der Waals surface area (Å²) in [4.78, 5) is 64.2. The molecule has 3 amide bonds. The quantitative estimate of drug-likeness (QED) is 0.0799. The number of carboxylic acid groups (broad SMARTS) is 1. The first-order valence-corrected chi connectivity index (χ1v) is 27.9. The summed E-state index contributed by atoms with van der Waals surface area (Å²) >= 11 is 0. The van der Waals surface area contributed by atoms with Crippen LogP contribution in [0.2, 0.25) is 0 Å². The highest BCUT2D eigenvalue weighted by Gasteiger charge is 2.73. The molecule has 8 rings (SSSR count). The van der Waals surface area contributed by atoms with Gasteiger partial charge >= 0.3 is 12.1 Å². The van der Waals surface area contributed by atoms with Crippen LogP contribution in [0, 0.1) is 62.6 Å². The number of allylic oxidation sites excluding steroid dienone is 1. The Kier molecular flexibility index (Phi) is 15.5. The molecule has 0 bridgehead atoms. The zero-order valence-corrected chi connectivity index (χ0v) is 47.7. The first-order chi connectivity index (χ1) is 35.6. The number of H-pyrrole nitrogens is 1. The molecule has 17 heteroatoms. The summed E-state index contributed by atoms with van der Waals surface area (Å²) in [5, 5.41) is 39.2. The summed E-state index contributed by atoms with van der Waals surface area (Å²) in [6.07, 6.45) is 13.0. The van der Waals surface area contributed by atoms with E-state index in [0.717, 1.165) is 63.4 Å². The lowest BCUT2D eigenvalue weighted by molar-refractivity contribution is -0.268. The molecule has 5 aliphatic rings. The Morgan fingerprint density at radius 3 is 2.30 bits per heavy atom. The van der Waals surface area contributed by atoms with E-state index in [2.05, 4.69) is 73.9 Å². The Labute approximate surface area is 450 Å². The molecule has 0 aliphatic heterocycles. The second-order valence-electron chi connectivity index (χ2n) is 26.3. The minimum atomic E-state index is -1.27. The number of carboxylic acids is 1. The van der Waals surface area contributed by atoms with E-state index in [4.69, 9.17) is 19.3 Å². The number of aromatic nitrogens is 5. The van der Waals surface area contributed by atoms with Gasteiger partial charge in [-0.1, -0.05) is 65.8 Å². The lowest BCUT2D eigenvalue weighted by Crippen LogP contribution is -2.68. The molecule has 1 aromatic carbocycles. The number of alkyl carbamates (subject to hydrolysis) is 1. The van der Waals surface area contributed by atoms with E-state index in [1.54, 1.807) is 63.2 Å². The maximum Gasteiger partial charge on any atom is 0.408 e. The zero-order chi connectivity index (χ0) is 55.6. The van der Waals surface area contributed by atoms with Crippen LogP contribution in [0.15, 0.2) is 48.9 Å². The van der Waals surface area contributed by atoms with E-state index in [9.17, 15) is 29.4 Å². The van der Waals surface area contributed by atoms with Crippen molar-refractivity contribution in [2.75, 3.05) is 20.8 Å². The molecule has 76 heavy (non-hydrogen) atoms. The van der Waals surface area contributed by atoms with Gasteiger partial charge < -0.3 is 44.9 Å². The van der Waals surface area contributed by atoms with Crippen molar-refractivity contribution in [3.05, 3.63) is 66.0 Å². The van der Waals surface area contributed by atoms with Crippen LogP contribution in [0.5, 0.6) is 11.5 Å². The van der Waals surface area contributed by atoms with Crippen molar-refractivity contribution in [2.45, 2.75) is 183 Å². The average Bonchev–Trinajstić information content (AvgIpc) is 4.27. The number of aromatic amines is 1. The maximum atomic E-state index is 14.7. The van der Waals surface area contributed by atoms with Crippen molar-refractivity contribution >= 4 is 23.9 Å². The maximum absolute atomic E-state index is 14.7. The third-order valence-corrected chi connectivity index (χ3v) is 20.7. The topological polar surface area (TPSA) is 223 Å². The van der Waals surface area contributed by atoms with Crippen molar-refractivity contribution in [3.8, 4) is 11.5 Å². The van der Waals surface area contributed by atoms with E-state index >= 15 is 0 Å². The molecule has 5 aliphatic carbocycles. The van der Waals surface area contributed by atoms with Crippen LogP contribution in [0.3, 0.4) is 0 Å². The third kappa shape index (κ3) is 9.92. The Morgan fingerprint density at radius 1 is 0.934 bits per heavy atom. The van der Waals surface area contributed by atoms with E-state index in [0.29, 0.717) is 46.8 Å². The van der Waals surface area contributed by atoms with Crippen LogP contribution in [0.25, 0.3) is 0 Å². The number of benzene rings is 1. The first kappa shape index (κ1) is 56.7. The molecule has 3 aromatic rings. The summed E-state index contributed by atoms with van der Waals surface area (Å²) in [5.41, 5.74) is -1.11. The Balaban J connectivity index is 0.997. The molecule has 5 fully saturated rings. The number of methoxy groups -OCH3 is 2. The van der Waals surface area contributed by atoms with Gasteiger partial charge in [-0.05, 0) is 156 Å². The molecule has 0 radical (unpaired) electrons. The second kappa shape index (κ2) is 20.7. The summed E-state index contributed by atoms with van der Waals surface area (Å²) < 4.78 is 18.4. The fourth-order valence-corrected chi connectivity index (χ4v) is 16.4. The van der Waals surface area contributed by atoms with Gasteiger partial charge in [0.25, 0.3) is 0 Å². The first-order valence-electron chi connectivity index (χ1n) is 27.9. The highest BCUT2D eigenvalue weighted by molar-refractivity contribution is 5.90. The smallest absolute Gasteiger partial charge is 0.408 e. The predicted molar refractivity (Wildman–Crippen MR) is 288 cm³/mol. The summed E-state index contributed by atoms with van der Waals surface area (Å²) in [7, 11) is 3.07. The van der Waals surface area contributed by atoms with Gasteiger partial charge in [-0.25, -0.2) is 9.78 Å². The fourth-order valence-electron chi connectivity index (χ4n) is 16.4. The molecule has 418 valence electrons. The molecular weight excluding hydrogens is 965 g/mol. The van der Waals surface area contributed by atoms with Gasteiger partial charge in [0.05, 0.1) is 45.0 Å².